The Morgan fingerprint density at radius 2 is 1.61 bits per heavy atom. The summed E-state index contributed by atoms with van der Waals surface area (Å²) in [7, 11) is 0. The lowest BCUT2D eigenvalue weighted by atomic mass is 10.0. The highest BCUT2D eigenvalue weighted by Gasteiger charge is 2.11. The van der Waals surface area contributed by atoms with E-state index in [1.165, 1.54) is 0 Å². The standard InChI is InChI=1S/C24H22N2O2/c1-17-5-3-4-6-23(17)18(2)26-24(27)16-28-22-13-11-21(12-14-22)20-9-7-19(15-25)8-10-20/h3-14,18H,16H2,1-2H3,(H,26,27). The normalized spacial score (nSPS) is 11.3. The molecular formula is C24H22N2O2. The number of amides is 1. The summed E-state index contributed by atoms with van der Waals surface area (Å²) in [6.45, 7) is 3.96. The Bertz CT molecular complexity index is 986. The van der Waals surface area contributed by atoms with Gasteiger partial charge >= 0.3 is 0 Å². The SMILES string of the molecule is Cc1ccccc1C(C)NC(=O)COc1ccc(-c2ccc(C#N)cc2)cc1. The number of nitriles is 1. The van der Waals surface area contributed by atoms with Crippen molar-refractivity contribution in [1.29, 1.82) is 5.26 Å². The number of rotatable bonds is 6. The maximum atomic E-state index is 12.2. The first kappa shape index (κ1) is 19.2. The fraction of sp³-hybridized carbons (Fsp3) is 0.167. The highest BCUT2D eigenvalue weighted by atomic mass is 16.5. The third-order valence-electron chi connectivity index (χ3n) is 4.60. The van der Waals surface area contributed by atoms with E-state index < -0.39 is 0 Å². The van der Waals surface area contributed by atoms with Gasteiger partial charge in [-0.2, -0.15) is 5.26 Å². The van der Waals surface area contributed by atoms with Gasteiger partial charge in [0.05, 0.1) is 17.7 Å². The van der Waals surface area contributed by atoms with E-state index in [2.05, 4.69) is 11.4 Å². The molecule has 0 heterocycles. The number of nitrogens with zero attached hydrogens (tertiary/aromatic N) is 1. The summed E-state index contributed by atoms with van der Waals surface area (Å²) in [5, 5.41) is 11.8. The van der Waals surface area contributed by atoms with Gasteiger partial charge in [-0.25, -0.2) is 0 Å². The van der Waals surface area contributed by atoms with Crippen molar-refractivity contribution in [2.24, 2.45) is 0 Å². The third-order valence-corrected chi connectivity index (χ3v) is 4.60. The molecule has 0 aliphatic carbocycles. The van der Waals surface area contributed by atoms with Crippen LogP contribution in [-0.4, -0.2) is 12.5 Å². The molecule has 3 aromatic rings. The van der Waals surface area contributed by atoms with E-state index in [4.69, 9.17) is 10.00 Å². The summed E-state index contributed by atoms with van der Waals surface area (Å²) in [6, 6.07) is 25.0. The van der Waals surface area contributed by atoms with Crippen LogP contribution < -0.4 is 10.1 Å². The molecule has 4 heteroatoms. The van der Waals surface area contributed by atoms with Crippen LogP contribution in [-0.2, 0) is 4.79 Å². The van der Waals surface area contributed by atoms with Crippen LogP contribution in [0.2, 0.25) is 0 Å². The minimum Gasteiger partial charge on any atom is -0.484 e. The fourth-order valence-electron chi connectivity index (χ4n) is 3.06. The van der Waals surface area contributed by atoms with Crippen molar-refractivity contribution in [3.05, 3.63) is 89.5 Å². The maximum Gasteiger partial charge on any atom is 0.258 e. The third kappa shape index (κ3) is 4.77. The number of carbonyl (C=O) groups excluding carboxylic acids is 1. The highest BCUT2D eigenvalue weighted by molar-refractivity contribution is 5.78. The van der Waals surface area contributed by atoms with Crippen molar-refractivity contribution in [2.75, 3.05) is 6.61 Å². The van der Waals surface area contributed by atoms with E-state index in [1.54, 1.807) is 12.1 Å². The number of hydrogen-bond acceptors (Lipinski definition) is 3. The van der Waals surface area contributed by atoms with Gasteiger partial charge in [-0.1, -0.05) is 48.5 Å². The molecule has 0 bridgehead atoms. The molecule has 1 amide bonds. The van der Waals surface area contributed by atoms with Gasteiger partial charge in [-0.3, -0.25) is 4.79 Å². The van der Waals surface area contributed by atoms with Crippen molar-refractivity contribution >= 4 is 5.91 Å². The van der Waals surface area contributed by atoms with Crippen LogP contribution in [0, 0.1) is 18.3 Å². The fourth-order valence-corrected chi connectivity index (χ4v) is 3.06. The molecule has 0 radical (unpaired) electrons. The minimum atomic E-state index is -0.160. The molecule has 0 spiro atoms. The Kier molecular flexibility index (Phi) is 6.08. The summed E-state index contributed by atoms with van der Waals surface area (Å²) in [6.07, 6.45) is 0. The predicted octanol–water partition coefficient (Wildman–Crippen LogP) is 4.79. The molecular weight excluding hydrogens is 348 g/mol. The average molecular weight is 370 g/mol. The molecule has 1 atom stereocenters. The summed E-state index contributed by atoms with van der Waals surface area (Å²) in [4.78, 5) is 12.2. The second-order valence-corrected chi connectivity index (χ2v) is 6.65. The minimum absolute atomic E-state index is 0.0353. The first-order valence-corrected chi connectivity index (χ1v) is 9.15. The largest absolute Gasteiger partial charge is 0.484 e. The smallest absolute Gasteiger partial charge is 0.258 e. The summed E-state index contributed by atoms with van der Waals surface area (Å²) >= 11 is 0. The van der Waals surface area contributed by atoms with E-state index in [0.29, 0.717) is 11.3 Å². The summed E-state index contributed by atoms with van der Waals surface area (Å²) < 4.78 is 5.61. The molecule has 1 N–H and O–H groups in total. The first-order valence-electron chi connectivity index (χ1n) is 9.15. The zero-order chi connectivity index (χ0) is 19.9. The van der Waals surface area contributed by atoms with E-state index in [9.17, 15) is 4.79 Å². The van der Waals surface area contributed by atoms with Gasteiger partial charge in [0.15, 0.2) is 6.61 Å². The number of benzene rings is 3. The van der Waals surface area contributed by atoms with E-state index in [0.717, 1.165) is 22.3 Å². The van der Waals surface area contributed by atoms with E-state index in [1.807, 2.05) is 74.5 Å². The van der Waals surface area contributed by atoms with Gasteiger partial charge in [-0.05, 0) is 60.4 Å². The van der Waals surface area contributed by atoms with Crippen molar-refractivity contribution < 1.29 is 9.53 Å². The average Bonchev–Trinajstić information content (AvgIpc) is 2.73. The summed E-state index contributed by atoms with van der Waals surface area (Å²) in [5.74, 6) is 0.475. The van der Waals surface area contributed by atoms with Crippen molar-refractivity contribution in [1.82, 2.24) is 5.32 Å². The Morgan fingerprint density at radius 3 is 2.21 bits per heavy atom. The van der Waals surface area contributed by atoms with Gasteiger partial charge in [0, 0.05) is 0 Å². The van der Waals surface area contributed by atoms with Crippen LogP contribution in [0.5, 0.6) is 5.75 Å². The van der Waals surface area contributed by atoms with Crippen LogP contribution in [0.15, 0.2) is 72.8 Å². The van der Waals surface area contributed by atoms with Gasteiger partial charge in [0.25, 0.3) is 5.91 Å². The molecule has 0 aliphatic rings. The van der Waals surface area contributed by atoms with Crippen molar-refractivity contribution in [3.8, 4) is 22.9 Å². The monoisotopic (exact) mass is 370 g/mol. The zero-order valence-electron chi connectivity index (χ0n) is 16.0. The van der Waals surface area contributed by atoms with Crippen molar-refractivity contribution in [3.63, 3.8) is 0 Å². The Morgan fingerprint density at radius 1 is 1.00 bits per heavy atom. The van der Waals surface area contributed by atoms with Gasteiger partial charge in [0.2, 0.25) is 0 Å². The van der Waals surface area contributed by atoms with Gasteiger partial charge in [0.1, 0.15) is 5.75 Å². The molecule has 0 saturated heterocycles. The predicted molar refractivity (Wildman–Crippen MR) is 110 cm³/mol. The van der Waals surface area contributed by atoms with Crippen LogP contribution in [0.4, 0.5) is 0 Å². The second kappa shape index (κ2) is 8.88. The lowest BCUT2D eigenvalue weighted by Crippen LogP contribution is -2.31. The number of carbonyl (C=O) groups is 1. The molecule has 0 aliphatic heterocycles. The van der Waals surface area contributed by atoms with Crippen molar-refractivity contribution in [2.45, 2.75) is 19.9 Å². The lowest BCUT2D eigenvalue weighted by Gasteiger charge is -2.16. The molecule has 3 rings (SSSR count). The Hall–Kier alpha value is -3.58. The molecule has 4 nitrogen and oxygen atoms in total. The van der Waals surface area contributed by atoms with Crippen LogP contribution in [0.25, 0.3) is 11.1 Å². The topological polar surface area (TPSA) is 62.1 Å². The molecule has 1 unspecified atom stereocenters. The van der Waals surface area contributed by atoms with Gasteiger partial charge in [-0.15, -0.1) is 0 Å². The summed E-state index contributed by atoms with van der Waals surface area (Å²) in [5.41, 5.74) is 4.93. The maximum absolute atomic E-state index is 12.2. The highest BCUT2D eigenvalue weighted by Crippen LogP contribution is 2.23. The van der Waals surface area contributed by atoms with Crippen LogP contribution in [0.1, 0.15) is 29.7 Å². The molecule has 0 saturated carbocycles. The lowest BCUT2D eigenvalue weighted by molar-refractivity contribution is -0.123. The van der Waals surface area contributed by atoms with Crippen LogP contribution in [0.3, 0.4) is 0 Å². The quantitative estimate of drug-likeness (QED) is 0.678. The molecule has 28 heavy (non-hydrogen) atoms. The molecule has 0 fully saturated rings. The second-order valence-electron chi connectivity index (χ2n) is 6.65. The first-order chi connectivity index (χ1) is 13.6. The number of aryl methyl sites for hydroxylation is 1. The Balaban J connectivity index is 1.55. The molecule has 140 valence electrons. The van der Waals surface area contributed by atoms with Crippen LogP contribution >= 0.6 is 0 Å². The Labute approximate surface area is 165 Å². The molecule has 3 aromatic carbocycles. The molecule has 0 aromatic heterocycles. The number of nitrogens with one attached hydrogen (secondary N) is 1. The number of hydrogen-bond donors (Lipinski definition) is 1. The van der Waals surface area contributed by atoms with E-state index >= 15 is 0 Å². The zero-order valence-corrected chi connectivity index (χ0v) is 16.0. The number of ether oxygens (including phenoxy) is 1. The van der Waals surface area contributed by atoms with Gasteiger partial charge < -0.3 is 10.1 Å². The van der Waals surface area contributed by atoms with E-state index in [-0.39, 0.29) is 18.6 Å².